The van der Waals surface area contributed by atoms with Gasteiger partial charge in [0.15, 0.2) is 0 Å². The molecule has 27 heavy (non-hydrogen) atoms. The molecule has 0 aliphatic carbocycles. The van der Waals surface area contributed by atoms with Crippen molar-refractivity contribution in [3.05, 3.63) is 71.0 Å². The second-order valence-electron chi connectivity index (χ2n) is 6.54. The summed E-state index contributed by atoms with van der Waals surface area (Å²) in [6.45, 7) is 0.744. The molecular formula is C20H20F4N2O. The molecule has 1 aliphatic heterocycles. The fourth-order valence-electron chi connectivity index (χ4n) is 3.45. The topological polar surface area (TPSA) is 32.3 Å². The number of nitrogens with one attached hydrogen (secondary N) is 1. The number of alkyl halides is 3. The Morgan fingerprint density at radius 1 is 1.11 bits per heavy atom. The molecule has 1 fully saturated rings. The van der Waals surface area contributed by atoms with E-state index in [2.05, 4.69) is 5.32 Å². The Morgan fingerprint density at radius 3 is 2.52 bits per heavy atom. The summed E-state index contributed by atoms with van der Waals surface area (Å²) >= 11 is 0. The second kappa shape index (κ2) is 7.98. The van der Waals surface area contributed by atoms with Crippen LogP contribution in [0.5, 0.6) is 0 Å². The van der Waals surface area contributed by atoms with Crippen molar-refractivity contribution in [1.82, 2.24) is 10.2 Å². The average Bonchev–Trinajstić information content (AvgIpc) is 3.12. The predicted molar refractivity (Wildman–Crippen MR) is 93.6 cm³/mol. The summed E-state index contributed by atoms with van der Waals surface area (Å²) < 4.78 is 52.8. The maximum absolute atomic E-state index is 13.3. The van der Waals surface area contributed by atoms with Gasteiger partial charge in [-0.25, -0.2) is 9.18 Å². The first-order chi connectivity index (χ1) is 12.9. The summed E-state index contributed by atoms with van der Waals surface area (Å²) in [6.07, 6.45) is -2.78. The third kappa shape index (κ3) is 4.59. The normalized spacial score (nSPS) is 17.2. The molecule has 1 saturated heterocycles. The zero-order valence-electron chi connectivity index (χ0n) is 14.6. The summed E-state index contributed by atoms with van der Waals surface area (Å²) in [5.74, 6) is -0.328. The molecule has 2 amide bonds. The minimum atomic E-state index is -4.45. The highest BCUT2D eigenvalue weighted by molar-refractivity contribution is 5.75. The molecule has 0 spiro atoms. The van der Waals surface area contributed by atoms with Gasteiger partial charge in [-0.05, 0) is 48.6 Å². The van der Waals surface area contributed by atoms with E-state index in [1.807, 2.05) is 0 Å². The monoisotopic (exact) mass is 380 g/mol. The Balaban J connectivity index is 1.66. The fraction of sp³-hybridized carbons (Fsp3) is 0.350. The second-order valence-corrected chi connectivity index (χ2v) is 6.54. The molecule has 2 aromatic rings. The number of rotatable bonds is 4. The van der Waals surface area contributed by atoms with Crippen molar-refractivity contribution in [1.29, 1.82) is 0 Å². The van der Waals surface area contributed by atoms with Gasteiger partial charge in [-0.3, -0.25) is 0 Å². The third-order valence-corrected chi connectivity index (χ3v) is 4.74. The van der Waals surface area contributed by atoms with Gasteiger partial charge in [-0.2, -0.15) is 13.2 Å². The number of carbonyl (C=O) groups is 1. The molecular weight excluding hydrogens is 360 g/mol. The van der Waals surface area contributed by atoms with Crippen LogP contribution in [-0.2, 0) is 12.6 Å². The Labute approximate surface area is 155 Å². The maximum Gasteiger partial charge on any atom is 0.416 e. The van der Waals surface area contributed by atoms with Gasteiger partial charge in [0, 0.05) is 13.1 Å². The lowest BCUT2D eigenvalue weighted by Gasteiger charge is -2.27. The maximum atomic E-state index is 13.3. The number of nitrogens with zero attached hydrogens (tertiary/aromatic N) is 1. The van der Waals surface area contributed by atoms with E-state index in [9.17, 15) is 22.4 Å². The SMILES string of the molecule is O=C(NCCc1ccc(F)cc1)N1CCCC1c1ccccc1C(F)(F)F. The Kier molecular flexibility index (Phi) is 5.68. The van der Waals surface area contributed by atoms with Gasteiger partial charge in [0.2, 0.25) is 0 Å². The molecule has 7 heteroatoms. The molecule has 3 rings (SSSR count). The number of benzene rings is 2. The molecule has 0 saturated carbocycles. The molecule has 1 N–H and O–H groups in total. The summed E-state index contributed by atoms with van der Waals surface area (Å²) in [5, 5.41) is 2.76. The van der Waals surface area contributed by atoms with E-state index >= 15 is 0 Å². The first-order valence-electron chi connectivity index (χ1n) is 8.81. The van der Waals surface area contributed by atoms with Crippen molar-refractivity contribution >= 4 is 6.03 Å². The molecule has 1 atom stereocenters. The van der Waals surface area contributed by atoms with Crippen LogP contribution in [0.3, 0.4) is 0 Å². The van der Waals surface area contributed by atoms with Gasteiger partial charge >= 0.3 is 12.2 Å². The Hall–Kier alpha value is -2.57. The van der Waals surface area contributed by atoms with E-state index in [0.29, 0.717) is 32.4 Å². The lowest BCUT2D eigenvalue weighted by molar-refractivity contribution is -0.138. The number of amides is 2. The standard InChI is InChI=1S/C20H20F4N2O/c21-15-9-7-14(8-10-15)11-12-25-19(27)26-13-3-6-18(26)16-4-1-2-5-17(16)20(22,23)24/h1-2,4-5,7-10,18H,3,6,11-13H2,(H,25,27). The highest BCUT2D eigenvalue weighted by Gasteiger charge is 2.38. The van der Waals surface area contributed by atoms with E-state index < -0.39 is 17.8 Å². The van der Waals surface area contributed by atoms with Crippen molar-refractivity contribution < 1.29 is 22.4 Å². The zero-order chi connectivity index (χ0) is 19.4. The molecule has 1 unspecified atom stereocenters. The van der Waals surface area contributed by atoms with E-state index in [4.69, 9.17) is 0 Å². The summed E-state index contributed by atoms with van der Waals surface area (Å²) in [6, 6.07) is 10.4. The molecule has 144 valence electrons. The lowest BCUT2D eigenvalue weighted by Crippen LogP contribution is -2.40. The average molecular weight is 380 g/mol. The number of hydrogen-bond acceptors (Lipinski definition) is 1. The summed E-state index contributed by atoms with van der Waals surface area (Å²) in [5.41, 5.74) is 0.314. The van der Waals surface area contributed by atoms with Crippen molar-refractivity contribution in [3.8, 4) is 0 Å². The fourth-order valence-corrected chi connectivity index (χ4v) is 3.45. The molecule has 0 radical (unpaired) electrons. The molecule has 2 aromatic carbocycles. The van der Waals surface area contributed by atoms with Crippen LogP contribution in [0.2, 0.25) is 0 Å². The van der Waals surface area contributed by atoms with Crippen LogP contribution in [0.4, 0.5) is 22.4 Å². The number of halogens is 4. The van der Waals surface area contributed by atoms with Crippen LogP contribution >= 0.6 is 0 Å². The highest BCUT2D eigenvalue weighted by atomic mass is 19.4. The first-order valence-corrected chi connectivity index (χ1v) is 8.81. The highest BCUT2D eigenvalue weighted by Crippen LogP contribution is 2.40. The third-order valence-electron chi connectivity index (χ3n) is 4.74. The Morgan fingerprint density at radius 2 is 1.81 bits per heavy atom. The number of hydrogen-bond donors (Lipinski definition) is 1. The number of carbonyl (C=O) groups excluding carboxylic acids is 1. The van der Waals surface area contributed by atoms with E-state index in [0.717, 1.165) is 11.6 Å². The van der Waals surface area contributed by atoms with Gasteiger partial charge in [-0.1, -0.05) is 30.3 Å². The van der Waals surface area contributed by atoms with Crippen LogP contribution in [0.25, 0.3) is 0 Å². The van der Waals surface area contributed by atoms with Crippen molar-refractivity contribution in [2.75, 3.05) is 13.1 Å². The van der Waals surface area contributed by atoms with Gasteiger partial charge in [0.25, 0.3) is 0 Å². The van der Waals surface area contributed by atoms with Crippen LogP contribution < -0.4 is 5.32 Å². The number of likely N-dealkylation sites (tertiary alicyclic amines) is 1. The van der Waals surface area contributed by atoms with Crippen molar-refractivity contribution in [3.63, 3.8) is 0 Å². The van der Waals surface area contributed by atoms with Gasteiger partial charge < -0.3 is 10.2 Å². The largest absolute Gasteiger partial charge is 0.416 e. The Bertz CT molecular complexity index is 789. The van der Waals surface area contributed by atoms with Crippen LogP contribution in [0, 0.1) is 5.82 Å². The van der Waals surface area contributed by atoms with Gasteiger partial charge in [-0.15, -0.1) is 0 Å². The molecule has 3 nitrogen and oxygen atoms in total. The number of urea groups is 1. The predicted octanol–water partition coefficient (Wildman–Crippen LogP) is 4.93. The van der Waals surface area contributed by atoms with E-state index in [1.54, 1.807) is 18.2 Å². The van der Waals surface area contributed by atoms with E-state index in [-0.39, 0.29) is 17.4 Å². The quantitative estimate of drug-likeness (QED) is 0.749. The zero-order valence-corrected chi connectivity index (χ0v) is 14.6. The minimum Gasteiger partial charge on any atom is -0.338 e. The van der Waals surface area contributed by atoms with Gasteiger partial charge in [0.05, 0.1) is 11.6 Å². The van der Waals surface area contributed by atoms with E-state index in [1.165, 1.54) is 29.2 Å². The summed E-state index contributed by atoms with van der Waals surface area (Å²) in [4.78, 5) is 14.0. The van der Waals surface area contributed by atoms with Crippen LogP contribution in [0.15, 0.2) is 48.5 Å². The lowest BCUT2D eigenvalue weighted by atomic mass is 9.98. The molecule has 0 bridgehead atoms. The molecule has 0 aromatic heterocycles. The first kappa shape index (κ1) is 19.2. The van der Waals surface area contributed by atoms with Crippen LogP contribution in [-0.4, -0.2) is 24.0 Å². The van der Waals surface area contributed by atoms with Crippen LogP contribution in [0.1, 0.15) is 35.6 Å². The smallest absolute Gasteiger partial charge is 0.338 e. The van der Waals surface area contributed by atoms with Crippen molar-refractivity contribution in [2.24, 2.45) is 0 Å². The van der Waals surface area contributed by atoms with Crippen molar-refractivity contribution in [2.45, 2.75) is 31.5 Å². The minimum absolute atomic E-state index is 0.135. The molecule has 1 aliphatic rings. The molecule has 1 heterocycles. The summed E-state index contributed by atoms with van der Waals surface area (Å²) in [7, 11) is 0. The van der Waals surface area contributed by atoms with Gasteiger partial charge in [0.1, 0.15) is 5.82 Å².